The second kappa shape index (κ2) is 7.53. The summed E-state index contributed by atoms with van der Waals surface area (Å²) in [6.07, 6.45) is 1.13. The number of hydrogen-bond acceptors (Lipinski definition) is 3. The monoisotopic (exact) mass is 372 g/mol. The smallest absolute Gasteiger partial charge is 0.229 e. The minimum atomic E-state index is -3.26. The fourth-order valence-corrected chi connectivity index (χ4v) is 3.29. The van der Waals surface area contributed by atoms with E-state index in [2.05, 4.69) is 10.0 Å². The Labute approximate surface area is 146 Å². The topological polar surface area (TPSA) is 58.2 Å². The lowest BCUT2D eigenvalue weighted by Crippen LogP contribution is -2.18. The first-order chi connectivity index (χ1) is 10.7. The quantitative estimate of drug-likeness (QED) is 0.797. The fraction of sp³-hybridized carbons (Fsp3) is 0.250. The van der Waals surface area contributed by atoms with Gasteiger partial charge in [-0.05, 0) is 48.4 Å². The van der Waals surface area contributed by atoms with E-state index in [9.17, 15) is 8.42 Å². The van der Waals surface area contributed by atoms with Crippen LogP contribution in [0.25, 0.3) is 0 Å². The minimum absolute atomic E-state index is 0.0973. The second-order valence-corrected chi connectivity index (χ2v) is 8.00. The number of nitrogens with one attached hydrogen (secondary N) is 2. The molecule has 0 aromatic heterocycles. The molecular formula is C16H18Cl2N2O2S. The van der Waals surface area contributed by atoms with Crippen molar-refractivity contribution in [3.63, 3.8) is 0 Å². The summed E-state index contributed by atoms with van der Waals surface area (Å²) >= 11 is 12.0. The van der Waals surface area contributed by atoms with Gasteiger partial charge in [-0.3, -0.25) is 4.72 Å². The number of anilines is 1. The molecule has 7 heteroatoms. The van der Waals surface area contributed by atoms with Gasteiger partial charge in [0.25, 0.3) is 0 Å². The van der Waals surface area contributed by atoms with Gasteiger partial charge in [-0.2, -0.15) is 0 Å². The molecule has 0 amide bonds. The van der Waals surface area contributed by atoms with Crippen molar-refractivity contribution in [1.29, 1.82) is 0 Å². The molecular weight excluding hydrogens is 355 g/mol. The molecule has 1 atom stereocenters. The summed E-state index contributed by atoms with van der Waals surface area (Å²) in [6.45, 7) is 2.66. The van der Waals surface area contributed by atoms with Crippen LogP contribution < -0.4 is 10.0 Å². The Morgan fingerprint density at radius 3 is 2.13 bits per heavy atom. The predicted octanol–water partition coefficient (Wildman–Crippen LogP) is 4.22. The van der Waals surface area contributed by atoms with Crippen molar-refractivity contribution in [3.05, 3.63) is 63.6 Å². The summed E-state index contributed by atoms with van der Waals surface area (Å²) < 4.78 is 24.8. The van der Waals surface area contributed by atoms with E-state index >= 15 is 0 Å². The summed E-state index contributed by atoms with van der Waals surface area (Å²) in [5.74, 6) is 0. The lowest BCUT2D eigenvalue weighted by atomic mass is 10.1. The van der Waals surface area contributed by atoms with Crippen LogP contribution >= 0.6 is 23.2 Å². The molecule has 0 fully saturated rings. The molecule has 2 aromatic rings. The van der Waals surface area contributed by atoms with Gasteiger partial charge in [0.1, 0.15) is 0 Å². The summed E-state index contributed by atoms with van der Waals surface area (Å²) in [5, 5.41) is 4.60. The third-order valence-corrected chi connectivity index (χ3v) is 4.29. The Balaban J connectivity index is 1.99. The first-order valence-corrected chi connectivity index (χ1v) is 9.64. The molecule has 23 heavy (non-hydrogen) atoms. The molecule has 2 aromatic carbocycles. The summed E-state index contributed by atoms with van der Waals surface area (Å²) in [5.41, 5.74) is 2.60. The van der Waals surface area contributed by atoms with Crippen molar-refractivity contribution in [1.82, 2.24) is 5.32 Å². The molecule has 2 rings (SSSR count). The molecule has 124 valence electrons. The van der Waals surface area contributed by atoms with Gasteiger partial charge < -0.3 is 5.32 Å². The third-order valence-electron chi connectivity index (χ3n) is 3.25. The van der Waals surface area contributed by atoms with E-state index in [1.54, 1.807) is 18.2 Å². The lowest BCUT2D eigenvalue weighted by molar-refractivity contribution is 0.575. The highest BCUT2D eigenvalue weighted by molar-refractivity contribution is 7.92. The molecule has 2 N–H and O–H groups in total. The van der Waals surface area contributed by atoms with Gasteiger partial charge in [0, 0.05) is 28.3 Å². The van der Waals surface area contributed by atoms with Gasteiger partial charge in [0.15, 0.2) is 0 Å². The number of benzene rings is 2. The van der Waals surface area contributed by atoms with Crippen LogP contribution in [0, 0.1) is 0 Å². The van der Waals surface area contributed by atoms with Crippen molar-refractivity contribution in [3.8, 4) is 0 Å². The molecule has 0 aliphatic rings. The number of rotatable bonds is 6. The van der Waals surface area contributed by atoms with Crippen LogP contribution in [0.3, 0.4) is 0 Å². The van der Waals surface area contributed by atoms with E-state index in [1.165, 1.54) is 0 Å². The highest BCUT2D eigenvalue weighted by Crippen LogP contribution is 2.21. The van der Waals surface area contributed by atoms with Gasteiger partial charge in [-0.25, -0.2) is 8.42 Å². The van der Waals surface area contributed by atoms with Crippen molar-refractivity contribution in [2.24, 2.45) is 0 Å². The van der Waals surface area contributed by atoms with Crippen LogP contribution in [-0.2, 0) is 16.6 Å². The molecule has 0 aliphatic heterocycles. The first-order valence-electron chi connectivity index (χ1n) is 6.99. The van der Waals surface area contributed by atoms with Gasteiger partial charge in [-0.15, -0.1) is 0 Å². The standard InChI is InChI=1S/C16H18Cl2N2O2S/c1-11(19-10-12-7-14(17)9-15(18)8-12)13-3-5-16(6-4-13)20-23(2,21)22/h3-9,11,19-20H,10H2,1-2H3/t11-/m0/s1. The third kappa shape index (κ3) is 6.03. The highest BCUT2D eigenvalue weighted by atomic mass is 35.5. The zero-order chi connectivity index (χ0) is 17.0. The van der Waals surface area contributed by atoms with Crippen LogP contribution in [0.4, 0.5) is 5.69 Å². The highest BCUT2D eigenvalue weighted by Gasteiger charge is 2.07. The van der Waals surface area contributed by atoms with Gasteiger partial charge in [0.05, 0.1) is 6.26 Å². The van der Waals surface area contributed by atoms with Gasteiger partial charge in [0.2, 0.25) is 10.0 Å². The Bertz CT molecular complexity index is 757. The summed E-state index contributed by atoms with van der Waals surface area (Å²) in [4.78, 5) is 0. The van der Waals surface area contributed by atoms with E-state index in [0.717, 1.165) is 17.4 Å². The van der Waals surface area contributed by atoms with Gasteiger partial charge in [-0.1, -0.05) is 35.3 Å². The van der Waals surface area contributed by atoms with Crippen LogP contribution in [0.15, 0.2) is 42.5 Å². The molecule has 0 saturated heterocycles. The summed E-state index contributed by atoms with van der Waals surface area (Å²) in [6, 6.07) is 12.8. The lowest BCUT2D eigenvalue weighted by Gasteiger charge is -2.15. The second-order valence-electron chi connectivity index (χ2n) is 5.38. The van der Waals surface area contributed by atoms with E-state index < -0.39 is 10.0 Å². The van der Waals surface area contributed by atoms with E-state index in [0.29, 0.717) is 22.3 Å². The number of hydrogen-bond donors (Lipinski definition) is 2. The largest absolute Gasteiger partial charge is 0.306 e. The molecule has 0 heterocycles. The molecule has 4 nitrogen and oxygen atoms in total. The van der Waals surface area contributed by atoms with Crippen LogP contribution in [0.5, 0.6) is 0 Å². The fourth-order valence-electron chi connectivity index (χ4n) is 2.16. The van der Waals surface area contributed by atoms with Crippen LogP contribution in [0.2, 0.25) is 10.0 Å². The maximum absolute atomic E-state index is 11.2. The molecule has 0 saturated carbocycles. The van der Waals surface area contributed by atoms with Crippen molar-refractivity contribution >= 4 is 38.9 Å². The molecule has 0 unspecified atom stereocenters. The Hall–Kier alpha value is -1.27. The number of halogens is 2. The van der Waals surface area contributed by atoms with Gasteiger partial charge >= 0.3 is 0 Å². The first kappa shape index (κ1) is 18.1. The van der Waals surface area contributed by atoms with Crippen molar-refractivity contribution < 1.29 is 8.42 Å². The minimum Gasteiger partial charge on any atom is -0.306 e. The van der Waals surface area contributed by atoms with E-state index in [4.69, 9.17) is 23.2 Å². The van der Waals surface area contributed by atoms with Crippen molar-refractivity contribution in [2.75, 3.05) is 11.0 Å². The normalized spacial score (nSPS) is 12.9. The number of sulfonamides is 1. The van der Waals surface area contributed by atoms with Crippen molar-refractivity contribution in [2.45, 2.75) is 19.5 Å². The zero-order valence-electron chi connectivity index (χ0n) is 12.8. The molecule has 0 radical (unpaired) electrons. The maximum Gasteiger partial charge on any atom is 0.229 e. The molecule has 0 spiro atoms. The average Bonchev–Trinajstić information content (AvgIpc) is 2.43. The zero-order valence-corrected chi connectivity index (χ0v) is 15.1. The Morgan fingerprint density at radius 1 is 1.04 bits per heavy atom. The average molecular weight is 373 g/mol. The Morgan fingerprint density at radius 2 is 1.61 bits per heavy atom. The Kier molecular flexibility index (Phi) is 5.92. The van der Waals surface area contributed by atoms with Crippen LogP contribution in [-0.4, -0.2) is 14.7 Å². The molecule has 0 bridgehead atoms. The summed E-state index contributed by atoms with van der Waals surface area (Å²) in [7, 11) is -3.26. The predicted molar refractivity (Wildman–Crippen MR) is 96.6 cm³/mol. The maximum atomic E-state index is 11.2. The molecule has 0 aliphatic carbocycles. The van der Waals surface area contributed by atoms with E-state index in [1.807, 2.05) is 31.2 Å². The van der Waals surface area contributed by atoms with Crippen LogP contribution in [0.1, 0.15) is 24.1 Å². The van der Waals surface area contributed by atoms with E-state index in [-0.39, 0.29) is 6.04 Å². The SMILES string of the molecule is C[C@H](NCc1cc(Cl)cc(Cl)c1)c1ccc(NS(C)(=O)=O)cc1.